The zero-order chi connectivity index (χ0) is 14.5. The normalized spacial score (nSPS) is 11.0. The van der Waals surface area contributed by atoms with Crippen LogP contribution in [0.1, 0.15) is 11.3 Å². The SMILES string of the molecule is COCCNCc1cnn(-c2ccc(Cl)c(F)c2)c1C. The van der Waals surface area contributed by atoms with E-state index >= 15 is 0 Å². The van der Waals surface area contributed by atoms with Gasteiger partial charge in [0.1, 0.15) is 5.82 Å². The van der Waals surface area contributed by atoms with Crippen molar-refractivity contribution >= 4 is 11.6 Å². The second-order valence-corrected chi connectivity index (χ2v) is 4.84. The van der Waals surface area contributed by atoms with Crippen molar-refractivity contribution < 1.29 is 9.13 Å². The third-order valence-electron chi connectivity index (χ3n) is 3.06. The zero-order valence-corrected chi connectivity index (χ0v) is 12.2. The van der Waals surface area contributed by atoms with Gasteiger partial charge < -0.3 is 10.1 Å². The third kappa shape index (κ3) is 3.36. The number of nitrogens with one attached hydrogen (secondary N) is 1. The molecule has 2 rings (SSSR count). The third-order valence-corrected chi connectivity index (χ3v) is 3.36. The number of methoxy groups -OCH3 is 1. The van der Waals surface area contributed by atoms with Gasteiger partial charge in [0, 0.05) is 37.5 Å². The van der Waals surface area contributed by atoms with Crippen LogP contribution in [0.15, 0.2) is 24.4 Å². The van der Waals surface area contributed by atoms with Crippen molar-refractivity contribution in [2.45, 2.75) is 13.5 Å². The van der Waals surface area contributed by atoms with Crippen molar-refractivity contribution in [3.8, 4) is 5.69 Å². The first-order chi connectivity index (χ1) is 9.63. The van der Waals surface area contributed by atoms with Crippen molar-refractivity contribution in [1.82, 2.24) is 15.1 Å². The van der Waals surface area contributed by atoms with E-state index in [0.717, 1.165) is 17.8 Å². The van der Waals surface area contributed by atoms with E-state index in [2.05, 4.69) is 10.4 Å². The number of hydrogen-bond acceptors (Lipinski definition) is 3. The molecule has 108 valence electrons. The summed E-state index contributed by atoms with van der Waals surface area (Å²) in [7, 11) is 1.67. The summed E-state index contributed by atoms with van der Waals surface area (Å²) < 4.78 is 20.2. The Morgan fingerprint density at radius 1 is 1.45 bits per heavy atom. The lowest BCUT2D eigenvalue weighted by Crippen LogP contribution is -2.18. The van der Waals surface area contributed by atoms with E-state index in [1.165, 1.54) is 12.1 Å². The average Bonchev–Trinajstić information content (AvgIpc) is 2.80. The fourth-order valence-corrected chi connectivity index (χ4v) is 2.01. The van der Waals surface area contributed by atoms with E-state index in [0.29, 0.717) is 18.8 Å². The Hall–Kier alpha value is -1.43. The Bertz CT molecular complexity index is 586. The van der Waals surface area contributed by atoms with Gasteiger partial charge in [-0.1, -0.05) is 11.6 Å². The molecule has 0 unspecified atom stereocenters. The van der Waals surface area contributed by atoms with Crippen molar-refractivity contribution in [3.63, 3.8) is 0 Å². The zero-order valence-electron chi connectivity index (χ0n) is 11.5. The van der Waals surface area contributed by atoms with Crippen LogP contribution in [0.4, 0.5) is 4.39 Å². The molecule has 1 aromatic carbocycles. The van der Waals surface area contributed by atoms with Crippen LogP contribution in [0.3, 0.4) is 0 Å². The number of rotatable bonds is 6. The minimum atomic E-state index is -0.446. The molecule has 0 spiro atoms. The molecule has 0 aliphatic rings. The van der Waals surface area contributed by atoms with Gasteiger partial charge in [0.05, 0.1) is 23.5 Å². The monoisotopic (exact) mass is 297 g/mol. The molecule has 0 saturated heterocycles. The van der Waals surface area contributed by atoms with Gasteiger partial charge in [-0.2, -0.15) is 5.10 Å². The fraction of sp³-hybridized carbons (Fsp3) is 0.357. The number of hydrogen-bond donors (Lipinski definition) is 1. The van der Waals surface area contributed by atoms with Crippen LogP contribution in [-0.2, 0) is 11.3 Å². The molecular formula is C14H17ClFN3O. The molecule has 0 atom stereocenters. The number of aromatic nitrogens is 2. The summed E-state index contributed by atoms with van der Waals surface area (Å²) in [6.07, 6.45) is 1.78. The quantitative estimate of drug-likeness (QED) is 0.833. The molecule has 0 fully saturated rings. The van der Waals surface area contributed by atoms with Gasteiger partial charge in [-0.15, -0.1) is 0 Å². The van der Waals surface area contributed by atoms with Crippen molar-refractivity contribution in [3.05, 3.63) is 46.5 Å². The highest BCUT2D eigenvalue weighted by Gasteiger charge is 2.09. The molecule has 4 nitrogen and oxygen atoms in total. The first-order valence-electron chi connectivity index (χ1n) is 6.32. The molecule has 20 heavy (non-hydrogen) atoms. The van der Waals surface area contributed by atoms with Crippen LogP contribution in [0.2, 0.25) is 5.02 Å². The second-order valence-electron chi connectivity index (χ2n) is 4.44. The van der Waals surface area contributed by atoms with Gasteiger partial charge in [0.2, 0.25) is 0 Å². The predicted molar refractivity (Wildman–Crippen MR) is 76.9 cm³/mol. The molecule has 0 radical (unpaired) electrons. The molecule has 1 aromatic heterocycles. The Balaban J connectivity index is 2.13. The fourth-order valence-electron chi connectivity index (χ4n) is 1.89. The van der Waals surface area contributed by atoms with Crippen LogP contribution < -0.4 is 5.32 Å². The Labute approximate surface area is 122 Å². The van der Waals surface area contributed by atoms with Crippen LogP contribution >= 0.6 is 11.6 Å². The Kier molecular flexibility index (Phi) is 5.11. The molecular weight excluding hydrogens is 281 g/mol. The number of benzene rings is 1. The standard InChI is InChI=1S/C14H17ClFN3O/c1-10-11(8-17-5-6-20-2)9-18-19(10)12-3-4-13(15)14(16)7-12/h3-4,7,9,17H,5-6,8H2,1-2H3. The van der Waals surface area contributed by atoms with E-state index in [-0.39, 0.29) is 5.02 Å². The van der Waals surface area contributed by atoms with E-state index in [4.69, 9.17) is 16.3 Å². The smallest absolute Gasteiger partial charge is 0.143 e. The largest absolute Gasteiger partial charge is 0.383 e. The van der Waals surface area contributed by atoms with E-state index < -0.39 is 5.82 Å². The molecule has 2 aromatic rings. The van der Waals surface area contributed by atoms with Gasteiger partial charge >= 0.3 is 0 Å². The average molecular weight is 298 g/mol. The van der Waals surface area contributed by atoms with Gasteiger partial charge in [0.15, 0.2) is 0 Å². The lowest BCUT2D eigenvalue weighted by Gasteiger charge is -2.07. The van der Waals surface area contributed by atoms with Crippen LogP contribution in [0, 0.1) is 12.7 Å². The summed E-state index contributed by atoms with van der Waals surface area (Å²) >= 11 is 5.68. The predicted octanol–water partition coefficient (Wildman–Crippen LogP) is 2.71. The maximum atomic E-state index is 13.5. The first-order valence-corrected chi connectivity index (χ1v) is 6.70. The van der Waals surface area contributed by atoms with E-state index in [1.807, 2.05) is 6.92 Å². The molecule has 0 aliphatic heterocycles. The second kappa shape index (κ2) is 6.83. The molecule has 1 N–H and O–H groups in total. The number of ether oxygens (including phenoxy) is 1. The maximum absolute atomic E-state index is 13.5. The Morgan fingerprint density at radius 3 is 2.95 bits per heavy atom. The molecule has 0 aliphatic carbocycles. The lowest BCUT2D eigenvalue weighted by molar-refractivity contribution is 0.199. The highest BCUT2D eigenvalue weighted by molar-refractivity contribution is 6.30. The van der Waals surface area contributed by atoms with Gasteiger partial charge in [0.25, 0.3) is 0 Å². The maximum Gasteiger partial charge on any atom is 0.143 e. The molecule has 0 amide bonds. The summed E-state index contributed by atoms with van der Waals surface area (Å²) in [6.45, 7) is 4.09. The van der Waals surface area contributed by atoms with Gasteiger partial charge in [-0.25, -0.2) is 9.07 Å². The molecule has 0 bridgehead atoms. The molecule has 0 saturated carbocycles. The highest BCUT2D eigenvalue weighted by atomic mass is 35.5. The van der Waals surface area contributed by atoms with Crippen molar-refractivity contribution in [1.29, 1.82) is 0 Å². The minimum absolute atomic E-state index is 0.111. The summed E-state index contributed by atoms with van der Waals surface area (Å²) in [5.74, 6) is -0.446. The van der Waals surface area contributed by atoms with Crippen LogP contribution in [-0.4, -0.2) is 30.0 Å². The minimum Gasteiger partial charge on any atom is -0.383 e. The number of nitrogens with zero attached hydrogens (tertiary/aromatic N) is 2. The van der Waals surface area contributed by atoms with E-state index in [9.17, 15) is 4.39 Å². The van der Waals surface area contributed by atoms with Crippen LogP contribution in [0.5, 0.6) is 0 Å². The molecule has 6 heteroatoms. The van der Waals surface area contributed by atoms with Crippen molar-refractivity contribution in [2.75, 3.05) is 20.3 Å². The Morgan fingerprint density at radius 2 is 2.25 bits per heavy atom. The first kappa shape index (κ1) is 15.0. The highest BCUT2D eigenvalue weighted by Crippen LogP contribution is 2.20. The lowest BCUT2D eigenvalue weighted by atomic mass is 10.2. The topological polar surface area (TPSA) is 39.1 Å². The molecule has 1 heterocycles. The van der Waals surface area contributed by atoms with Crippen molar-refractivity contribution in [2.24, 2.45) is 0 Å². The number of halogens is 2. The van der Waals surface area contributed by atoms with Gasteiger partial charge in [-0.05, 0) is 19.1 Å². The van der Waals surface area contributed by atoms with Gasteiger partial charge in [-0.3, -0.25) is 0 Å². The van der Waals surface area contributed by atoms with E-state index in [1.54, 1.807) is 24.1 Å². The van der Waals surface area contributed by atoms with Crippen LogP contribution in [0.25, 0.3) is 5.69 Å². The summed E-state index contributed by atoms with van der Waals surface area (Å²) in [6, 6.07) is 4.65. The summed E-state index contributed by atoms with van der Waals surface area (Å²) in [4.78, 5) is 0. The summed E-state index contributed by atoms with van der Waals surface area (Å²) in [5.41, 5.74) is 2.70. The summed E-state index contributed by atoms with van der Waals surface area (Å²) in [5, 5.41) is 7.66.